The van der Waals surface area contributed by atoms with Gasteiger partial charge in [-0.25, -0.2) is 9.37 Å². The van der Waals surface area contributed by atoms with Crippen molar-refractivity contribution in [3.8, 4) is 0 Å². The van der Waals surface area contributed by atoms with Crippen molar-refractivity contribution in [3.63, 3.8) is 0 Å². The van der Waals surface area contributed by atoms with Crippen molar-refractivity contribution < 1.29 is 22.5 Å². The second-order valence-electron chi connectivity index (χ2n) is 5.44. The Balaban J connectivity index is 2.05. The zero-order valence-electron chi connectivity index (χ0n) is 13.0. The molecule has 0 spiro atoms. The summed E-state index contributed by atoms with van der Waals surface area (Å²) in [5.74, 6) is -0.667. The lowest BCUT2D eigenvalue weighted by Gasteiger charge is -2.25. The van der Waals surface area contributed by atoms with Crippen molar-refractivity contribution in [3.05, 3.63) is 88.0 Å². The van der Waals surface area contributed by atoms with Gasteiger partial charge < -0.3 is 0 Å². The highest BCUT2D eigenvalue weighted by atomic mass is 19.4. The van der Waals surface area contributed by atoms with Gasteiger partial charge in [-0.3, -0.25) is 15.0 Å². The summed E-state index contributed by atoms with van der Waals surface area (Å²) in [6, 6.07) is 8.54. The van der Waals surface area contributed by atoms with Gasteiger partial charge in [0.05, 0.1) is 4.92 Å². The summed E-state index contributed by atoms with van der Waals surface area (Å²) in [6.45, 7) is 0. The summed E-state index contributed by atoms with van der Waals surface area (Å²) in [5.41, 5.74) is -0.118. The minimum absolute atomic E-state index is 0.217. The molecule has 1 aliphatic rings. The van der Waals surface area contributed by atoms with Crippen molar-refractivity contribution in [2.75, 3.05) is 4.90 Å². The molecule has 0 saturated carbocycles. The van der Waals surface area contributed by atoms with Crippen LogP contribution >= 0.6 is 0 Å². The molecule has 1 aromatic carbocycles. The molecule has 0 N–H and O–H groups in total. The summed E-state index contributed by atoms with van der Waals surface area (Å²) in [4.78, 5) is 15.2. The van der Waals surface area contributed by atoms with Crippen LogP contribution < -0.4 is 4.90 Å². The van der Waals surface area contributed by atoms with E-state index in [1.807, 2.05) is 0 Å². The van der Waals surface area contributed by atoms with Crippen molar-refractivity contribution in [2.45, 2.75) is 12.3 Å². The Labute approximate surface area is 145 Å². The zero-order valence-corrected chi connectivity index (χ0v) is 13.0. The molecule has 0 fully saturated rings. The quantitative estimate of drug-likeness (QED) is 0.463. The van der Waals surface area contributed by atoms with E-state index in [-0.39, 0.29) is 5.82 Å². The maximum absolute atomic E-state index is 13.1. The molecule has 1 unspecified atom stereocenters. The molecule has 0 saturated heterocycles. The summed E-state index contributed by atoms with van der Waals surface area (Å²) in [6.07, 6.45) is -2.06. The van der Waals surface area contributed by atoms with Crippen LogP contribution in [0.3, 0.4) is 0 Å². The number of pyridine rings is 1. The molecule has 26 heavy (non-hydrogen) atoms. The fourth-order valence-corrected chi connectivity index (χ4v) is 2.46. The van der Waals surface area contributed by atoms with Crippen LogP contribution in [0.2, 0.25) is 0 Å². The number of nitro groups is 1. The minimum Gasteiger partial charge on any atom is -0.265 e. The van der Waals surface area contributed by atoms with Gasteiger partial charge in [0.2, 0.25) is 0 Å². The van der Waals surface area contributed by atoms with E-state index in [0.29, 0.717) is 11.1 Å². The van der Waals surface area contributed by atoms with E-state index in [0.717, 1.165) is 17.0 Å². The smallest absolute Gasteiger partial charge is 0.265 e. The Kier molecular flexibility index (Phi) is 4.45. The third kappa shape index (κ3) is 3.56. The first-order valence-electron chi connectivity index (χ1n) is 7.38. The molecule has 3 rings (SSSR count). The number of hydrogen-bond donors (Lipinski definition) is 0. The van der Waals surface area contributed by atoms with Crippen LogP contribution in [-0.4, -0.2) is 16.1 Å². The number of alkyl halides is 3. The summed E-state index contributed by atoms with van der Waals surface area (Å²) < 4.78 is 51.7. The number of hydrogen-bond acceptors (Lipinski definition) is 4. The van der Waals surface area contributed by atoms with Crippen molar-refractivity contribution in [1.82, 2.24) is 4.98 Å². The molecule has 1 aliphatic heterocycles. The SMILES string of the molecule is O=[N+]([O-])C1C=CC(c2ccc(F)cc2)=CN1c1cccc(C(F)(F)F)n1. The van der Waals surface area contributed by atoms with Crippen LogP contribution in [0.4, 0.5) is 23.4 Å². The lowest BCUT2D eigenvalue weighted by molar-refractivity contribution is -0.507. The normalized spacial score (nSPS) is 17.2. The fourth-order valence-electron chi connectivity index (χ4n) is 2.46. The van der Waals surface area contributed by atoms with Crippen molar-refractivity contribution >= 4 is 11.4 Å². The Bertz CT molecular complexity index is 892. The predicted molar refractivity (Wildman–Crippen MR) is 86.0 cm³/mol. The monoisotopic (exact) mass is 365 g/mol. The van der Waals surface area contributed by atoms with Gasteiger partial charge in [-0.15, -0.1) is 0 Å². The van der Waals surface area contributed by atoms with E-state index >= 15 is 0 Å². The van der Waals surface area contributed by atoms with Crippen LogP contribution in [0, 0.1) is 15.9 Å². The van der Waals surface area contributed by atoms with Gasteiger partial charge in [-0.2, -0.15) is 13.2 Å². The molecule has 9 heteroatoms. The first-order chi connectivity index (χ1) is 12.3. The van der Waals surface area contributed by atoms with E-state index in [9.17, 15) is 27.7 Å². The van der Waals surface area contributed by atoms with Gasteiger partial charge in [0, 0.05) is 12.3 Å². The first-order valence-corrected chi connectivity index (χ1v) is 7.38. The standard InChI is InChI=1S/C17H11F4N3O2/c18-13-7-4-11(5-8-13)12-6-9-16(24(25)26)23(10-12)15-3-1-2-14(22-15)17(19,20)21/h1-10,16H. The highest BCUT2D eigenvalue weighted by Gasteiger charge is 2.35. The zero-order chi connectivity index (χ0) is 18.9. The Morgan fingerprint density at radius 2 is 1.81 bits per heavy atom. The Hall–Kier alpha value is -3.23. The number of aromatic nitrogens is 1. The Morgan fingerprint density at radius 1 is 1.12 bits per heavy atom. The molecule has 1 atom stereocenters. The van der Waals surface area contributed by atoms with E-state index in [1.54, 1.807) is 0 Å². The first kappa shape index (κ1) is 17.6. The molecule has 0 bridgehead atoms. The lowest BCUT2D eigenvalue weighted by atomic mass is 10.0. The summed E-state index contributed by atoms with van der Waals surface area (Å²) in [7, 11) is 0. The number of anilines is 1. The summed E-state index contributed by atoms with van der Waals surface area (Å²) >= 11 is 0. The largest absolute Gasteiger partial charge is 0.433 e. The van der Waals surface area contributed by atoms with Gasteiger partial charge in [-0.05, 0) is 41.5 Å². The minimum atomic E-state index is -4.67. The van der Waals surface area contributed by atoms with Gasteiger partial charge >= 0.3 is 12.3 Å². The molecule has 0 amide bonds. The maximum Gasteiger partial charge on any atom is 0.433 e. The van der Waals surface area contributed by atoms with E-state index in [1.165, 1.54) is 48.7 Å². The second-order valence-corrected chi connectivity index (χ2v) is 5.44. The fraction of sp³-hybridized carbons (Fsp3) is 0.118. The third-order valence-electron chi connectivity index (χ3n) is 3.69. The van der Waals surface area contributed by atoms with Crippen LogP contribution in [0.15, 0.2) is 60.8 Å². The molecule has 0 aliphatic carbocycles. The highest BCUT2D eigenvalue weighted by Crippen LogP contribution is 2.31. The molecule has 2 aromatic rings. The molecule has 5 nitrogen and oxygen atoms in total. The van der Waals surface area contributed by atoms with E-state index in [4.69, 9.17) is 0 Å². The number of rotatable bonds is 3. The van der Waals surface area contributed by atoms with Gasteiger partial charge in [-0.1, -0.05) is 18.2 Å². The molecule has 0 radical (unpaired) electrons. The lowest BCUT2D eigenvalue weighted by Crippen LogP contribution is -2.38. The molecule has 134 valence electrons. The van der Waals surface area contributed by atoms with Gasteiger partial charge in [0.15, 0.2) is 0 Å². The van der Waals surface area contributed by atoms with Crippen LogP contribution in [0.1, 0.15) is 11.3 Å². The number of nitrogens with zero attached hydrogens (tertiary/aromatic N) is 3. The van der Waals surface area contributed by atoms with Crippen LogP contribution in [0.25, 0.3) is 5.57 Å². The third-order valence-corrected chi connectivity index (χ3v) is 3.69. The van der Waals surface area contributed by atoms with E-state index < -0.39 is 28.8 Å². The maximum atomic E-state index is 13.1. The molecular formula is C17H11F4N3O2. The Morgan fingerprint density at radius 3 is 2.42 bits per heavy atom. The van der Waals surface area contributed by atoms with Gasteiger partial charge in [0.1, 0.15) is 17.3 Å². The molecular weight excluding hydrogens is 354 g/mol. The van der Waals surface area contributed by atoms with Gasteiger partial charge in [0.25, 0.3) is 0 Å². The van der Waals surface area contributed by atoms with Crippen LogP contribution in [-0.2, 0) is 6.18 Å². The summed E-state index contributed by atoms with van der Waals surface area (Å²) in [5, 5.41) is 11.3. The average Bonchev–Trinajstić information content (AvgIpc) is 2.61. The van der Waals surface area contributed by atoms with Crippen molar-refractivity contribution in [2.24, 2.45) is 0 Å². The average molecular weight is 365 g/mol. The number of benzene rings is 1. The van der Waals surface area contributed by atoms with E-state index in [2.05, 4.69) is 4.98 Å². The second kappa shape index (κ2) is 6.58. The van der Waals surface area contributed by atoms with Crippen molar-refractivity contribution in [1.29, 1.82) is 0 Å². The predicted octanol–water partition coefficient (Wildman–Crippen LogP) is 4.26. The number of allylic oxidation sites excluding steroid dienone is 2. The topological polar surface area (TPSA) is 59.3 Å². The molecule has 1 aromatic heterocycles. The molecule has 2 heterocycles. The van der Waals surface area contributed by atoms with Crippen LogP contribution in [0.5, 0.6) is 0 Å². The highest BCUT2D eigenvalue weighted by molar-refractivity contribution is 5.78. The number of halogens is 4.